The second-order valence-electron chi connectivity index (χ2n) is 6.46. The number of nitrogens with one attached hydrogen (secondary N) is 2. The SMILES string of the molecule is C1CN[C@]23CCCC[C@]24NCCCN4CCN3C1. The van der Waals surface area contributed by atoms with Gasteiger partial charge in [0.15, 0.2) is 0 Å². The largest absolute Gasteiger partial charge is 0.296 e. The minimum Gasteiger partial charge on any atom is -0.296 e. The standard InChI is InChI=1S/C14H26N4/c1-2-6-14-13(5-1)15-7-3-9-17(13)11-12-18(14)10-4-8-16-14/h15-16H,1-12H2/t13-,14+. The molecule has 0 radical (unpaired) electrons. The summed E-state index contributed by atoms with van der Waals surface area (Å²) in [5, 5.41) is 7.90. The molecule has 0 aromatic carbocycles. The van der Waals surface area contributed by atoms with Gasteiger partial charge in [-0.3, -0.25) is 20.4 Å². The van der Waals surface area contributed by atoms with Crippen molar-refractivity contribution in [3.8, 4) is 0 Å². The molecule has 0 amide bonds. The van der Waals surface area contributed by atoms with Gasteiger partial charge in [0, 0.05) is 26.2 Å². The van der Waals surface area contributed by atoms with E-state index in [9.17, 15) is 0 Å². The molecule has 1 aliphatic carbocycles. The Balaban J connectivity index is 1.77. The fourth-order valence-corrected chi connectivity index (χ4v) is 5.07. The van der Waals surface area contributed by atoms with Crippen LogP contribution in [0.2, 0.25) is 0 Å². The molecule has 1 saturated carbocycles. The summed E-state index contributed by atoms with van der Waals surface area (Å²) >= 11 is 0. The molecule has 18 heavy (non-hydrogen) atoms. The predicted octanol–water partition coefficient (Wildman–Crippen LogP) is 0.557. The molecule has 2 N–H and O–H groups in total. The number of piperazine rings is 1. The summed E-state index contributed by atoms with van der Waals surface area (Å²) in [5.74, 6) is 0. The summed E-state index contributed by atoms with van der Waals surface area (Å²) in [6.45, 7) is 7.52. The smallest absolute Gasteiger partial charge is 0.104 e. The number of hydrogen-bond acceptors (Lipinski definition) is 4. The number of hydrogen-bond donors (Lipinski definition) is 2. The number of nitrogens with zero attached hydrogens (tertiary/aromatic N) is 2. The van der Waals surface area contributed by atoms with Crippen LogP contribution in [0, 0.1) is 0 Å². The van der Waals surface area contributed by atoms with Gasteiger partial charge >= 0.3 is 0 Å². The molecule has 2 spiro atoms. The van der Waals surface area contributed by atoms with Gasteiger partial charge in [0.2, 0.25) is 0 Å². The summed E-state index contributed by atoms with van der Waals surface area (Å²) in [5.41, 5.74) is 0.477. The molecule has 0 aromatic heterocycles. The van der Waals surface area contributed by atoms with E-state index in [-0.39, 0.29) is 11.3 Å². The predicted molar refractivity (Wildman–Crippen MR) is 72.3 cm³/mol. The first kappa shape index (κ1) is 11.6. The van der Waals surface area contributed by atoms with Gasteiger partial charge in [-0.1, -0.05) is 12.8 Å². The fraction of sp³-hybridized carbons (Fsp3) is 1.00. The van der Waals surface area contributed by atoms with Gasteiger partial charge < -0.3 is 0 Å². The lowest BCUT2D eigenvalue weighted by Crippen LogP contribution is -2.88. The average Bonchev–Trinajstić information content (AvgIpc) is 2.44. The molecular formula is C14H26N4. The van der Waals surface area contributed by atoms with Gasteiger partial charge in [0.05, 0.1) is 0 Å². The maximum atomic E-state index is 3.95. The van der Waals surface area contributed by atoms with Crippen molar-refractivity contribution >= 4 is 0 Å². The Morgan fingerprint density at radius 1 is 0.611 bits per heavy atom. The Morgan fingerprint density at radius 3 is 1.61 bits per heavy atom. The van der Waals surface area contributed by atoms with Crippen molar-refractivity contribution in [1.29, 1.82) is 0 Å². The Morgan fingerprint density at radius 2 is 1.11 bits per heavy atom. The van der Waals surface area contributed by atoms with E-state index < -0.39 is 0 Å². The van der Waals surface area contributed by atoms with E-state index in [2.05, 4.69) is 20.4 Å². The summed E-state index contributed by atoms with van der Waals surface area (Å²) in [7, 11) is 0. The second kappa shape index (κ2) is 4.17. The third-order valence-electron chi connectivity index (χ3n) is 5.78. The molecule has 3 aliphatic heterocycles. The molecule has 4 rings (SSSR count). The first-order chi connectivity index (χ1) is 8.87. The van der Waals surface area contributed by atoms with Crippen LogP contribution in [0.15, 0.2) is 0 Å². The van der Waals surface area contributed by atoms with Crippen LogP contribution in [0.3, 0.4) is 0 Å². The molecule has 3 saturated heterocycles. The highest BCUT2D eigenvalue weighted by Crippen LogP contribution is 2.46. The summed E-state index contributed by atoms with van der Waals surface area (Å²) in [6, 6.07) is 0. The maximum absolute atomic E-state index is 3.95. The van der Waals surface area contributed by atoms with Crippen LogP contribution in [0.4, 0.5) is 0 Å². The van der Waals surface area contributed by atoms with Crippen molar-refractivity contribution in [2.24, 2.45) is 0 Å². The van der Waals surface area contributed by atoms with Gasteiger partial charge in [0.25, 0.3) is 0 Å². The van der Waals surface area contributed by atoms with E-state index in [0.29, 0.717) is 0 Å². The quantitative estimate of drug-likeness (QED) is 0.657. The first-order valence-corrected chi connectivity index (χ1v) is 7.88. The lowest BCUT2D eigenvalue weighted by molar-refractivity contribution is -0.193. The molecule has 4 heteroatoms. The van der Waals surface area contributed by atoms with Crippen molar-refractivity contribution in [3.63, 3.8) is 0 Å². The van der Waals surface area contributed by atoms with Crippen molar-refractivity contribution in [3.05, 3.63) is 0 Å². The Hall–Kier alpha value is -0.160. The average molecular weight is 250 g/mol. The monoisotopic (exact) mass is 250 g/mol. The zero-order valence-electron chi connectivity index (χ0n) is 11.4. The molecule has 0 bridgehead atoms. The molecule has 4 nitrogen and oxygen atoms in total. The van der Waals surface area contributed by atoms with Gasteiger partial charge in [-0.25, -0.2) is 0 Å². The van der Waals surface area contributed by atoms with E-state index in [1.807, 2.05) is 0 Å². The van der Waals surface area contributed by atoms with Crippen molar-refractivity contribution in [2.75, 3.05) is 39.3 Å². The van der Waals surface area contributed by atoms with Gasteiger partial charge in [-0.15, -0.1) is 0 Å². The molecule has 3 heterocycles. The summed E-state index contributed by atoms with van der Waals surface area (Å²) in [6.07, 6.45) is 8.07. The highest BCUT2D eigenvalue weighted by molar-refractivity contribution is 5.16. The first-order valence-electron chi connectivity index (χ1n) is 7.88. The Labute approximate surface area is 110 Å². The van der Waals surface area contributed by atoms with Crippen LogP contribution >= 0.6 is 0 Å². The van der Waals surface area contributed by atoms with Gasteiger partial charge in [0.1, 0.15) is 11.3 Å². The lowest BCUT2D eigenvalue weighted by atomic mass is 9.72. The zero-order chi connectivity index (χ0) is 12.1. The van der Waals surface area contributed by atoms with Gasteiger partial charge in [-0.2, -0.15) is 0 Å². The van der Waals surface area contributed by atoms with Crippen LogP contribution in [0.1, 0.15) is 38.5 Å². The Kier molecular flexibility index (Phi) is 2.70. The minimum absolute atomic E-state index is 0.238. The fourth-order valence-electron chi connectivity index (χ4n) is 5.07. The number of rotatable bonds is 0. The van der Waals surface area contributed by atoms with E-state index in [1.165, 1.54) is 77.8 Å². The maximum Gasteiger partial charge on any atom is 0.104 e. The highest BCUT2D eigenvalue weighted by atomic mass is 15.5. The molecule has 102 valence electrons. The van der Waals surface area contributed by atoms with Crippen molar-refractivity contribution in [1.82, 2.24) is 20.4 Å². The lowest BCUT2D eigenvalue weighted by Gasteiger charge is -2.68. The van der Waals surface area contributed by atoms with Crippen LogP contribution < -0.4 is 10.6 Å². The van der Waals surface area contributed by atoms with Gasteiger partial charge in [-0.05, 0) is 38.8 Å². The zero-order valence-corrected chi connectivity index (χ0v) is 11.4. The molecular weight excluding hydrogens is 224 g/mol. The topological polar surface area (TPSA) is 30.5 Å². The van der Waals surface area contributed by atoms with E-state index in [1.54, 1.807) is 0 Å². The third kappa shape index (κ3) is 1.35. The molecule has 0 aromatic rings. The normalized spacial score (nSPS) is 46.0. The van der Waals surface area contributed by atoms with Crippen molar-refractivity contribution < 1.29 is 0 Å². The summed E-state index contributed by atoms with van der Waals surface area (Å²) in [4.78, 5) is 5.54. The molecule has 0 unspecified atom stereocenters. The minimum atomic E-state index is 0.238. The van der Waals surface area contributed by atoms with Crippen molar-refractivity contribution in [2.45, 2.75) is 49.9 Å². The van der Waals surface area contributed by atoms with E-state index in [0.717, 1.165) is 0 Å². The van der Waals surface area contributed by atoms with Crippen LogP contribution in [-0.2, 0) is 0 Å². The summed E-state index contributed by atoms with van der Waals surface area (Å²) < 4.78 is 0. The highest BCUT2D eigenvalue weighted by Gasteiger charge is 2.61. The third-order valence-corrected chi connectivity index (χ3v) is 5.78. The van der Waals surface area contributed by atoms with Crippen LogP contribution in [0.5, 0.6) is 0 Å². The second-order valence-corrected chi connectivity index (χ2v) is 6.46. The van der Waals surface area contributed by atoms with E-state index >= 15 is 0 Å². The Bertz CT molecular complexity index is 290. The molecule has 2 atom stereocenters. The molecule has 4 aliphatic rings. The van der Waals surface area contributed by atoms with E-state index in [4.69, 9.17) is 0 Å². The van der Waals surface area contributed by atoms with Crippen LogP contribution in [0.25, 0.3) is 0 Å². The van der Waals surface area contributed by atoms with Crippen LogP contribution in [-0.4, -0.2) is 60.4 Å². The molecule has 4 fully saturated rings.